The standard InChI is InChI=1S/C17H18ClNS/c1-11-10-16(20-13-8-6-12(18)7-9-13)17(19)15-5-3-2-4-14(11)15/h2-9,11,16-17H,10,19H2,1H3. The van der Waals surface area contributed by atoms with Crippen LogP contribution >= 0.6 is 23.4 Å². The van der Waals surface area contributed by atoms with E-state index in [1.165, 1.54) is 16.0 Å². The van der Waals surface area contributed by atoms with Crippen molar-refractivity contribution in [2.45, 2.75) is 35.4 Å². The van der Waals surface area contributed by atoms with Crippen LogP contribution in [0.15, 0.2) is 53.4 Å². The van der Waals surface area contributed by atoms with E-state index >= 15 is 0 Å². The predicted molar refractivity (Wildman–Crippen MR) is 87.5 cm³/mol. The van der Waals surface area contributed by atoms with E-state index in [1.807, 2.05) is 23.9 Å². The number of nitrogens with two attached hydrogens (primary N) is 1. The van der Waals surface area contributed by atoms with Gasteiger partial charge in [-0.05, 0) is 47.7 Å². The summed E-state index contributed by atoms with van der Waals surface area (Å²) in [6.07, 6.45) is 1.12. The van der Waals surface area contributed by atoms with E-state index < -0.39 is 0 Å². The van der Waals surface area contributed by atoms with Crippen LogP contribution < -0.4 is 5.73 Å². The molecule has 3 rings (SSSR count). The molecule has 1 aliphatic rings. The Morgan fingerprint density at radius 3 is 2.40 bits per heavy atom. The van der Waals surface area contributed by atoms with Crippen LogP contribution in [0, 0.1) is 0 Å². The van der Waals surface area contributed by atoms with Crippen molar-refractivity contribution in [2.75, 3.05) is 0 Å². The molecule has 1 aliphatic carbocycles. The maximum Gasteiger partial charge on any atom is 0.0422 e. The van der Waals surface area contributed by atoms with Crippen LogP contribution in [0.3, 0.4) is 0 Å². The van der Waals surface area contributed by atoms with Crippen molar-refractivity contribution in [2.24, 2.45) is 5.73 Å². The minimum Gasteiger partial charge on any atom is -0.323 e. The lowest BCUT2D eigenvalue weighted by Gasteiger charge is -2.34. The van der Waals surface area contributed by atoms with Crippen molar-refractivity contribution >= 4 is 23.4 Å². The van der Waals surface area contributed by atoms with Gasteiger partial charge < -0.3 is 5.73 Å². The first-order chi connectivity index (χ1) is 9.65. The third-order valence-corrected chi connectivity index (χ3v) is 5.56. The molecule has 2 aromatic rings. The monoisotopic (exact) mass is 303 g/mol. The molecule has 0 fully saturated rings. The van der Waals surface area contributed by atoms with Gasteiger partial charge in [0.1, 0.15) is 0 Å². The first-order valence-electron chi connectivity index (χ1n) is 6.92. The summed E-state index contributed by atoms with van der Waals surface area (Å²) in [4.78, 5) is 1.24. The minimum absolute atomic E-state index is 0.100. The summed E-state index contributed by atoms with van der Waals surface area (Å²) in [5.74, 6) is 0.566. The number of hydrogen-bond acceptors (Lipinski definition) is 2. The third kappa shape index (κ3) is 2.73. The largest absolute Gasteiger partial charge is 0.323 e. The summed E-state index contributed by atoms with van der Waals surface area (Å²) < 4.78 is 0. The second-order valence-corrected chi connectivity index (χ2v) is 7.15. The van der Waals surface area contributed by atoms with Crippen molar-refractivity contribution in [3.63, 3.8) is 0 Å². The van der Waals surface area contributed by atoms with Crippen LogP contribution in [0.5, 0.6) is 0 Å². The highest BCUT2D eigenvalue weighted by Gasteiger charge is 2.31. The number of thioether (sulfide) groups is 1. The van der Waals surface area contributed by atoms with Gasteiger partial charge in [-0.2, -0.15) is 0 Å². The van der Waals surface area contributed by atoms with Gasteiger partial charge in [0.15, 0.2) is 0 Å². The first-order valence-corrected chi connectivity index (χ1v) is 8.17. The van der Waals surface area contributed by atoms with Gasteiger partial charge in [0.2, 0.25) is 0 Å². The van der Waals surface area contributed by atoms with Crippen molar-refractivity contribution in [1.82, 2.24) is 0 Å². The molecule has 0 radical (unpaired) electrons. The Kier molecular flexibility index (Phi) is 4.06. The van der Waals surface area contributed by atoms with E-state index in [2.05, 4.69) is 43.3 Å². The van der Waals surface area contributed by atoms with Gasteiger partial charge in [-0.25, -0.2) is 0 Å². The molecule has 3 unspecified atom stereocenters. The van der Waals surface area contributed by atoms with Crippen LogP contribution in [-0.2, 0) is 0 Å². The van der Waals surface area contributed by atoms with Gasteiger partial charge in [-0.1, -0.05) is 42.8 Å². The van der Waals surface area contributed by atoms with Crippen LogP contribution in [0.1, 0.15) is 36.4 Å². The SMILES string of the molecule is CC1CC(Sc2ccc(Cl)cc2)C(N)c2ccccc21. The van der Waals surface area contributed by atoms with Crippen molar-refractivity contribution in [3.8, 4) is 0 Å². The van der Waals surface area contributed by atoms with E-state index in [1.54, 1.807) is 0 Å². The highest BCUT2D eigenvalue weighted by molar-refractivity contribution is 8.00. The number of benzene rings is 2. The Labute approximate surface area is 129 Å². The maximum absolute atomic E-state index is 6.48. The molecule has 0 spiro atoms. The molecule has 3 heteroatoms. The molecule has 0 aromatic heterocycles. The molecule has 0 amide bonds. The van der Waals surface area contributed by atoms with E-state index in [-0.39, 0.29) is 6.04 Å². The second-order valence-electron chi connectivity index (χ2n) is 5.40. The van der Waals surface area contributed by atoms with Gasteiger partial charge in [0.05, 0.1) is 0 Å². The predicted octanol–water partition coefficient (Wildman–Crippen LogP) is 5.01. The van der Waals surface area contributed by atoms with Gasteiger partial charge >= 0.3 is 0 Å². The summed E-state index contributed by atoms with van der Waals surface area (Å²) in [6, 6.07) is 16.7. The van der Waals surface area contributed by atoms with Crippen LogP contribution in [-0.4, -0.2) is 5.25 Å². The van der Waals surface area contributed by atoms with Gasteiger partial charge in [0, 0.05) is 21.2 Å². The van der Waals surface area contributed by atoms with Crippen LogP contribution in [0.4, 0.5) is 0 Å². The fourth-order valence-corrected chi connectivity index (χ4v) is 4.34. The Morgan fingerprint density at radius 1 is 1.05 bits per heavy atom. The maximum atomic E-state index is 6.48. The van der Waals surface area contributed by atoms with E-state index in [4.69, 9.17) is 17.3 Å². The molecule has 0 saturated carbocycles. The topological polar surface area (TPSA) is 26.0 Å². The Balaban J connectivity index is 1.84. The minimum atomic E-state index is 0.100. The lowest BCUT2D eigenvalue weighted by molar-refractivity contribution is 0.527. The highest BCUT2D eigenvalue weighted by Crippen LogP contribution is 2.43. The van der Waals surface area contributed by atoms with E-state index in [0.29, 0.717) is 11.2 Å². The Bertz CT molecular complexity index is 596. The number of halogens is 1. The average Bonchev–Trinajstić information content (AvgIpc) is 2.47. The molecule has 0 bridgehead atoms. The lowest BCUT2D eigenvalue weighted by atomic mass is 9.81. The van der Waals surface area contributed by atoms with Crippen molar-refractivity contribution in [3.05, 3.63) is 64.7 Å². The first kappa shape index (κ1) is 14.0. The molecule has 0 aliphatic heterocycles. The lowest BCUT2D eigenvalue weighted by Crippen LogP contribution is -2.30. The summed E-state index contributed by atoms with van der Waals surface area (Å²) in [7, 11) is 0. The third-order valence-electron chi connectivity index (χ3n) is 3.97. The van der Waals surface area contributed by atoms with E-state index in [0.717, 1.165) is 11.4 Å². The molecule has 0 saturated heterocycles. The molecule has 3 atom stereocenters. The van der Waals surface area contributed by atoms with Crippen molar-refractivity contribution < 1.29 is 0 Å². The molecule has 2 N–H and O–H groups in total. The Morgan fingerprint density at radius 2 is 1.70 bits per heavy atom. The highest BCUT2D eigenvalue weighted by atomic mass is 35.5. The summed E-state index contributed by atoms with van der Waals surface area (Å²) in [6.45, 7) is 2.29. The van der Waals surface area contributed by atoms with Crippen LogP contribution in [0.2, 0.25) is 5.02 Å². The molecular formula is C17H18ClNS. The summed E-state index contributed by atoms with van der Waals surface area (Å²) in [5, 5.41) is 1.20. The smallest absolute Gasteiger partial charge is 0.0422 e. The normalized spacial score (nSPS) is 25.2. The van der Waals surface area contributed by atoms with E-state index in [9.17, 15) is 0 Å². The van der Waals surface area contributed by atoms with Gasteiger partial charge in [0.25, 0.3) is 0 Å². The quantitative estimate of drug-likeness (QED) is 0.844. The zero-order valence-electron chi connectivity index (χ0n) is 11.4. The van der Waals surface area contributed by atoms with Crippen LogP contribution in [0.25, 0.3) is 0 Å². The zero-order valence-corrected chi connectivity index (χ0v) is 13.0. The van der Waals surface area contributed by atoms with Gasteiger partial charge in [-0.15, -0.1) is 11.8 Å². The Hall–Kier alpha value is -0.960. The van der Waals surface area contributed by atoms with Gasteiger partial charge in [-0.3, -0.25) is 0 Å². The summed E-state index contributed by atoms with van der Waals surface area (Å²) in [5.41, 5.74) is 9.20. The number of rotatable bonds is 2. The molecule has 0 heterocycles. The fourth-order valence-electron chi connectivity index (χ4n) is 2.89. The molecule has 1 nitrogen and oxygen atoms in total. The molecule has 104 valence electrons. The zero-order chi connectivity index (χ0) is 14.1. The second kappa shape index (κ2) is 5.80. The molecule has 20 heavy (non-hydrogen) atoms. The number of fused-ring (bicyclic) bond motifs is 1. The average molecular weight is 304 g/mol. The van der Waals surface area contributed by atoms with Crippen molar-refractivity contribution in [1.29, 1.82) is 0 Å². The molecule has 2 aromatic carbocycles. The molecular weight excluding hydrogens is 286 g/mol. The fraction of sp³-hybridized carbons (Fsp3) is 0.294. The number of hydrogen-bond donors (Lipinski definition) is 1. The summed E-state index contributed by atoms with van der Waals surface area (Å²) >= 11 is 7.80.